The minimum Gasteiger partial charge on any atom is -0.313 e. The molecule has 1 aliphatic rings. The lowest BCUT2D eigenvalue weighted by atomic mass is 9.73. The molecule has 1 aliphatic carbocycles. The van der Waals surface area contributed by atoms with E-state index in [9.17, 15) is 0 Å². The summed E-state index contributed by atoms with van der Waals surface area (Å²) in [6.07, 6.45) is 7.06. The van der Waals surface area contributed by atoms with Crippen molar-refractivity contribution in [3.05, 3.63) is 35.9 Å². The van der Waals surface area contributed by atoms with Gasteiger partial charge in [-0.15, -0.1) is 0 Å². The average molecular weight is 273 g/mol. The molecule has 2 atom stereocenters. The molecule has 0 heterocycles. The van der Waals surface area contributed by atoms with E-state index < -0.39 is 0 Å². The Kier molecular flexibility index (Phi) is 6.09. The van der Waals surface area contributed by atoms with Gasteiger partial charge in [0.1, 0.15) is 0 Å². The van der Waals surface area contributed by atoms with E-state index in [0.29, 0.717) is 12.0 Å². The third-order valence-corrected chi connectivity index (χ3v) is 5.28. The number of benzene rings is 1. The zero-order valence-electron chi connectivity index (χ0n) is 13.4. The lowest BCUT2D eigenvalue weighted by Gasteiger charge is -2.37. The fourth-order valence-corrected chi connectivity index (χ4v) is 3.91. The first-order valence-corrected chi connectivity index (χ1v) is 8.54. The van der Waals surface area contributed by atoms with Crippen molar-refractivity contribution < 1.29 is 0 Å². The molecule has 2 unspecified atom stereocenters. The van der Waals surface area contributed by atoms with Gasteiger partial charge >= 0.3 is 0 Å². The maximum atomic E-state index is 3.78. The molecule has 0 bridgehead atoms. The quantitative estimate of drug-likeness (QED) is 0.770. The van der Waals surface area contributed by atoms with Crippen LogP contribution in [0.4, 0.5) is 0 Å². The highest BCUT2D eigenvalue weighted by molar-refractivity contribution is 5.21. The number of hydrogen-bond donors (Lipinski definition) is 1. The number of rotatable bonds is 6. The van der Waals surface area contributed by atoms with Crippen LogP contribution in [0, 0.1) is 11.8 Å². The summed E-state index contributed by atoms with van der Waals surface area (Å²) in [7, 11) is 0. The Morgan fingerprint density at radius 1 is 1.05 bits per heavy atom. The lowest BCUT2D eigenvalue weighted by molar-refractivity contribution is 0.204. The molecule has 1 aromatic carbocycles. The topological polar surface area (TPSA) is 12.0 Å². The van der Waals surface area contributed by atoms with Gasteiger partial charge in [0.2, 0.25) is 0 Å². The Morgan fingerprint density at radius 2 is 1.70 bits per heavy atom. The van der Waals surface area contributed by atoms with E-state index in [1.807, 2.05) is 0 Å². The SMILES string of the molecule is CCNC(C1CCC(CC)CC1)C(C)c1ccccc1. The van der Waals surface area contributed by atoms with Crippen LogP contribution < -0.4 is 5.32 Å². The van der Waals surface area contributed by atoms with Crippen LogP contribution in [0.3, 0.4) is 0 Å². The summed E-state index contributed by atoms with van der Waals surface area (Å²) >= 11 is 0. The first kappa shape index (κ1) is 15.6. The molecule has 0 aromatic heterocycles. The van der Waals surface area contributed by atoms with E-state index in [2.05, 4.69) is 56.4 Å². The molecule has 1 aromatic rings. The van der Waals surface area contributed by atoms with Crippen molar-refractivity contribution in [1.82, 2.24) is 5.32 Å². The minimum atomic E-state index is 0.610. The number of likely N-dealkylation sites (N-methyl/N-ethyl adjacent to an activating group) is 1. The molecule has 0 radical (unpaired) electrons. The third kappa shape index (κ3) is 3.85. The molecule has 0 spiro atoms. The zero-order chi connectivity index (χ0) is 14.4. The van der Waals surface area contributed by atoms with Crippen molar-refractivity contribution in [2.75, 3.05) is 6.54 Å². The Bertz CT molecular complexity index is 365. The highest BCUT2D eigenvalue weighted by Gasteiger charge is 2.30. The standard InChI is InChI=1S/C19H31N/c1-4-16-11-13-18(14-12-16)19(20-5-2)15(3)17-9-7-6-8-10-17/h6-10,15-16,18-20H,4-5,11-14H2,1-3H3. The van der Waals surface area contributed by atoms with Gasteiger partial charge in [0, 0.05) is 6.04 Å². The fraction of sp³-hybridized carbons (Fsp3) is 0.684. The average Bonchev–Trinajstić information content (AvgIpc) is 2.53. The molecule has 2 rings (SSSR count). The monoisotopic (exact) mass is 273 g/mol. The van der Waals surface area contributed by atoms with Crippen molar-refractivity contribution in [3.63, 3.8) is 0 Å². The summed E-state index contributed by atoms with van der Waals surface area (Å²) in [6, 6.07) is 11.7. The number of nitrogens with one attached hydrogen (secondary N) is 1. The van der Waals surface area contributed by atoms with Gasteiger partial charge in [-0.2, -0.15) is 0 Å². The van der Waals surface area contributed by atoms with Gasteiger partial charge in [-0.25, -0.2) is 0 Å². The molecule has 0 amide bonds. The van der Waals surface area contributed by atoms with Gasteiger partial charge in [-0.3, -0.25) is 0 Å². The molecule has 0 saturated heterocycles. The summed E-state index contributed by atoms with van der Waals surface area (Å²) in [5.41, 5.74) is 1.48. The Morgan fingerprint density at radius 3 is 2.25 bits per heavy atom. The van der Waals surface area contributed by atoms with E-state index >= 15 is 0 Å². The second-order valence-corrected chi connectivity index (χ2v) is 6.47. The van der Waals surface area contributed by atoms with Gasteiger partial charge < -0.3 is 5.32 Å². The minimum absolute atomic E-state index is 0.610. The smallest absolute Gasteiger partial charge is 0.0161 e. The molecule has 1 N–H and O–H groups in total. The molecule has 112 valence electrons. The predicted octanol–water partition coefficient (Wildman–Crippen LogP) is 4.98. The van der Waals surface area contributed by atoms with Crippen molar-refractivity contribution in [2.24, 2.45) is 11.8 Å². The lowest BCUT2D eigenvalue weighted by Crippen LogP contribution is -2.41. The summed E-state index contributed by atoms with van der Waals surface area (Å²) < 4.78 is 0. The maximum Gasteiger partial charge on any atom is 0.0161 e. The molecule has 1 heteroatoms. The Balaban J connectivity index is 2.03. The normalized spacial score (nSPS) is 26.1. The van der Waals surface area contributed by atoms with Gasteiger partial charge in [0.15, 0.2) is 0 Å². The van der Waals surface area contributed by atoms with Crippen molar-refractivity contribution >= 4 is 0 Å². The third-order valence-electron chi connectivity index (χ3n) is 5.28. The van der Waals surface area contributed by atoms with Crippen molar-refractivity contribution in [2.45, 2.75) is 64.8 Å². The van der Waals surface area contributed by atoms with E-state index in [1.54, 1.807) is 0 Å². The van der Waals surface area contributed by atoms with Crippen LogP contribution in [-0.4, -0.2) is 12.6 Å². The van der Waals surface area contributed by atoms with E-state index in [1.165, 1.54) is 37.7 Å². The van der Waals surface area contributed by atoms with Gasteiger partial charge in [0.25, 0.3) is 0 Å². The van der Waals surface area contributed by atoms with Crippen LogP contribution in [0.5, 0.6) is 0 Å². The Labute approximate surface area is 125 Å². The predicted molar refractivity (Wildman–Crippen MR) is 88.1 cm³/mol. The van der Waals surface area contributed by atoms with Gasteiger partial charge in [0.05, 0.1) is 0 Å². The first-order chi connectivity index (χ1) is 9.76. The van der Waals surface area contributed by atoms with Crippen molar-refractivity contribution in [1.29, 1.82) is 0 Å². The second-order valence-electron chi connectivity index (χ2n) is 6.47. The molecular weight excluding hydrogens is 242 g/mol. The van der Waals surface area contributed by atoms with E-state index in [4.69, 9.17) is 0 Å². The molecule has 20 heavy (non-hydrogen) atoms. The summed E-state index contributed by atoms with van der Waals surface area (Å²) in [5, 5.41) is 3.78. The van der Waals surface area contributed by atoms with Gasteiger partial charge in [-0.05, 0) is 42.7 Å². The second kappa shape index (κ2) is 7.83. The van der Waals surface area contributed by atoms with Crippen LogP contribution in [0.1, 0.15) is 64.4 Å². The molecule has 0 aliphatic heterocycles. The molecular formula is C19H31N. The summed E-state index contributed by atoms with van der Waals surface area (Å²) in [6.45, 7) is 8.06. The number of hydrogen-bond acceptors (Lipinski definition) is 1. The van der Waals surface area contributed by atoms with Gasteiger partial charge in [-0.1, -0.05) is 70.4 Å². The summed E-state index contributed by atoms with van der Waals surface area (Å²) in [5.74, 6) is 2.45. The zero-order valence-corrected chi connectivity index (χ0v) is 13.4. The molecule has 1 saturated carbocycles. The molecule has 1 nitrogen and oxygen atoms in total. The van der Waals surface area contributed by atoms with Crippen LogP contribution in [0.2, 0.25) is 0 Å². The Hall–Kier alpha value is -0.820. The van der Waals surface area contributed by atoms with E-state index in [-0.39, 0.29) is 0 Å². The largest absolute Gasteiger partial charge is 0.313 e. The maximum absolute atomic E-state index is 3.78. The van der Waals surface area contributed by atoms with Crippen LogP contribution in [0.15, 0.2) is 30.3 Å². The first-order valence-electron chi connectivity index (χ1n) is 8.54. The van der Waals surface area contributed by atoms with E-state index in [0.717, 1.165) is 18.4 Å². The highest BCUT2D eigenvalue weighted by Crippen LogP contribution is 2.36. The van der Waals surface area contributed by atoms with Crippen LogP contribution in [-0.2, 0) is 0 Å². The van der Waals surface area contributed by atoms with Crippen LogP contribution >= 0.6 is 0 Å². The fourth-order valence-electron chi connectivity index (χ4n) is 3.91. The highest BCUT2D eigenvalue weighted by atomic mass is 14.9. The molecule has 1 fully saturated rings. The van der Waals surface area contributed by atoms with Crippen molar-refractivity contribution in [3.8, 4) is 0 Å². The summed E-state index contributed by atoms with van der Waals surface area (Å²) in [4.78, 5) is 0. The van der Waals surface area contributed by atoms with Crippen LogP contribution in [0.25, 0.3) is 0 Å².